The van der Waals surface area contributed by atoms with Gasteiger partial charge in [-0.25, -0.2) is 0 Å². The van der Waals surface area contributed by atoms with Gasteiger partial charge < -0.3 is 14.8 Å². The van der Waals surface area contributed by atoms with Crippen molar-refractivity contribution in [2.45, 2.75) is 26.1 Å². The van der Waals surface area contributed by atoms with E-state index in [1.54, 1.807) is 14.2 Å². The Hall–Kier alpha value is -1.85. The highest BCUT2D eigenvalue weighted by molar-refractivity contribution is 5.38. The second kappa shape index (κ2) is 7.24. The van der Waals surface area contributed by atoms with Gasteiger partial charge in [0.1, 0.15) is 5.75 Å². The van der Waals surface area contributed by atoms with Gasteiger partial charge in [-0.2, -0.15) is 5.10 Å². The molecule has 5 heteroatoms. The van der Waals surface area contributed by atoms with Crippen LogP contribution in [0.1, 0.15) is 29.7 Å². The minimum Gasteiger partial charge on any atom is -0.496 e. The molecule has 1 atom stereocenters. The molecule has 0 radical (unpaired) electrons. The van der Waals surface area contributed by atoms with Crippen molar-refractivity contribution in [1.29, 1.82) is 0 Å². The van der Waals surface area contributed by atoms with Crippen LogP contribution in [0.4, 0.5) is 0 Å². The van der Waals surface area contributed by atoms with Crippen LogP contribution in [-0.2, 0) is 24.9 Å². The van der Waals surface area contributed by atoms with Gasteiger partial charge in [0.25, 0.3) is 0 Å². The van der Waals surface area contributed by atoms with Crippen LogP contribution < -0.4 is 10.1 Å². The van der Waals surface area contributed by atoms with Crippen LogP contribution in [0, 0.1) is 0 Å². The highest BCUT2D eigenvalue weighted by Gasteiger charge is 2.10. The second-order valence-corrected chi connectivity index (χ2v) is 5.13. The van der Waals surface area contributed by atoms with Crippen LogP contribution in [-0.4, -0.2) is 24.0 Å². The molecule has 1 heterocycles. The van der Waals surface area contributed by atoms with E-state index in [1.165, 1.54) is 11.1 Å². The van der Waals surface area contributed by atoms with E-state index in [9.17, 15) is 0 Å². The summed E-state index contributed by atoms with van der Waals surface area (Å²) in [4.78, 5) is 0. The normalized spacial score (nSPS) is 12.4. The van der Waals surface area contributed by atoms with Gasteiger partial charge in [-0.05, 0) is 24.6 Å². The minimum atomic E-state index is 0.242. The highest BCUT2D eigenvalue weighted by atomic mass is 16.5. The van der Waals surface area contributed by atoms with Crippen molar-refractivity contribution in [2.24, 2.45) is 7.05 Å². The Morgan fingerprint density at radius 1 is 1.33 bits per heavy atom. The molecule has 1 N–H and O–H groups in total. The molecule has 5 nitrogen and oxygen atoms in total. The van der Waals surface area contributed by atoms with Crippen molar-refractivity contribution in [2.75, 3.05) is 14.2 Å². The van der Waals surface area contributed by atoms with Gasteiger partial charge in [-0.15, -0.1) is 0 Å². The Kier molecular flexibility index (Phi) is 5.36. The molecule has 114 valence electrons. The standard InChI is InChI=1S/C16H23N3O2/c1-12(17-8-13-9-18-19(2)10-13)14-5-6-16(21-4)15(7-14)11-20-3/h5-7,9-10,12,17H,8,11H2,1-4H3. The first-order valence-corrected chi connectivity index (χ1v) is 7.00. The molecule has 0 saturated heterocycles. The Morgan fingerprint density at radius 2 is 2.14 bits per heavy atom. The molecule has 2 aromatic rings. The first-order valence-electron chi connectivity index (χ1n) is 7.00. The molecular weight excluding hydrogens is 266 g/mol. The molecule has 0 spiro atoms. The molecule has 0 bridgehead atoms. The highest BCUT2D eigenvalue weighted by Crippen LogP contribution is 2.24. The minimum absolute atomic E-state index is 0.242. The van der Waals surface area contributed by atoms with Crippen molar-refractivity contribution in [1.82, 2.24) is 15.1 Å². The molecule has 1 unspecified atom stereocenters. The van der Waals surface area contributed by atoms with E-state index < -0.39 is 0 Å². The van der Waals surface area contributed by atoms with Gasteiger partial charge in [-0.1, -0.05) is 6.07 Å². The predicted octanol–water partition coefficient (Wildman–Crippen LogP) is 2.43. The fraction of sp³-hybridized carbons (Fsp3) is 0.438. The summed E-state index contributed by atoms with van der Waals surface area (Å²) in [7, 11) is 5.29. The summed E-state index contributed by atoms with van der Waals surface area (Å²) < 4.78 is 12.4. The average molecular weight is 289 g/mol. The first-order chi connectivity index (χ1) is 10.1. The third kappa shape index (κ3) is 4.06. The number of aryl methyl sites for hydroxylation is 1. The Morgan fingerprint density at radius 3 is 2.76 bits per heavy atom. The van der Waals surface area contributed by atoms with Crippen LogP contribution in [0.25, 0.3) is 0 Å². The van der Waals surface area contributed by atoms with E-state index in [1.807, 2.05) is 30.2 Å². The van der Waals surface area contributed by atoms with Crippen LogP contribution in [0.5, 0.6) is 5.75 Å². The van der Waals surface area contributed by atoms with Crippen LogP contribution in [0.15, 0.2) is 30.6 Å². The van der Waals surface area contributed by atoms with Gasteiger partial charge >= 0.3 is 0 Å². The lowest BCUT2D eigenvalue weighted by molar-refractivity contribution is 0.181. The van der Waals surface area contributed by atoms with E-state index in [0.29, 0.717) is 6.61 Å². The largest absolute Gasteiger partial charge is 0.496 e. The Balaban J connectivity index is 2.04. The summed E-state index contributed by atoms with van der Waals surface area (Å²) in [5.41, 5.74) is 3.45. The van der Waals surface area contributed by atoms with Gasteiger partial charge in [0.2, 0.25) is 0 Å². The molecule has 0 aliphatic rings. The number of ether oxygens (including phenoxy) is 2. The van der Waals surface area contributed by atoms with Crippen LogP contribution >= 0.6 is 0 Å². The number of hydrogen-bond acceptors (Lipinski definition) is 4. The fourth-order valence-electron chi connectivity index (χ4n) is 2.29. The molecular formula is C16H23N3O2. The van der Waals surface area contributed by atoms with Crippen molar-refractivity contribution in [3.05, 3.63) is 47.3 Å². The average Bonchev–Trinajstić information content (AvgIpc) is 2.90. The lowest BCUT2D eigenvalue weighted by Gasteiger charge is -2.16. The molecule has 0 aliphatic heterocycles. The number of aromatic nitrogens is 2. The molecule has 0 saturated carbocycles. The molecule has 21 heavy (non-hydrogen) atoms. The fourth-order valence-corrected chi connectivity index (χ4v) is 2.29. The SMILES string of the molecule is COCc1cc(C(C)NCc2cnn(C)c2)ccc1OC. The zero-order valence-electron chi connectivity index (χ0n) is 13.1. The van der Waals surface area contributed by atoms with E-state index in [0.717, 1.165) is 17.9 Å². The first kappa shape index (κ1) is 15.5. The third-order valence-electron chi connectivity index (χ3n) is 3.48. The molecule has 1 aromatic heterocycles. The zero-order chi connectivity index (χ0) is 15.2. The van der Waals surface area contributed by atoms with Gasteiger partial charge in [-0.3, -0.25) is 4.68 Å². The maximum atomic E-state index is 5.35. The summed E-state index contributed by atoms with van der Waals surface area (Å²) in [5.74, 6) is 0.861. The monoisotopic (exact) mass is 289 g/mol. The lowest BCUT2D eigenvalue weighted by atomic mass is 10.0. The Bertz CT molecular complexity index is 581. The third-order valence-corrected chi connectivity index (χ3v) is 3.48. The number of nitrogens with one attached hydrogen (secondary N) is 1. The maximum absolute atomic E-state index is 5.35. The summed E-state index contributed by atoms with van der Waals surface area (Å²) >= 11 is 0. The maximum Gasteiger partial charge on any atom is 0.124 e. The van der Waals surface area contributed by atoms with Gasteiger partial charge in [0.05, 0.1) is 19.9 Å². The topological polar surface area (TPSA) is 48.3 Å². The summed E-state index contributed by atoms with van der Waals surface area (Å²) in [6.07, 6.45) is 3.90. The number of rotatable bonds is 7. The predicted molar refractivity (Wildman–Crippen MR) is 82.2 cm³/mol. The summed E-state index contributed by atoms with van der Waals surface area (Å²) in [5, 5.41) is 7.67. The lowest BCUT2D eigenvalue weighted by Crippen LogP contribution is -2.18. The van der Waals surface area contributed by atoms with Crippen molar-refractivity contribution < 1.29 is 9.47 Å². The second-order valence-electron chi connectivity index (χ2n) is 5.13. The van der Waals surface area contributed by atoms with Crippen LogP contribution in [0.3, 0.4) is 0 Å². The van der Waals surface area contributed by atoms with E-state index in [4.69, 9.17) is 9.47 Å². The van der Waals surface area contributed by atoms with Gasteiger partial charge in [0, 0.05) is 44.1 Å². The number of benzene rings is 1. The number of nitrogens with zero attached hydrogens (tertiary/aromatic N) is 2. The molecule has 1 aromatic carbocycles. The Labute approximate surface area is 125 Å². The molecule has 2 rings (SSSR count). The smallest absolute Gasteiger partial charge is 0.124 e. The number of hydrogen-bond donors (Lipinski definition) is 1. The van der Waals surface area contributed by atoms with Crippen molar-refractivity contribution >= 4 is 0 Å². The zero-order valence-corrected chi connectivity index (χ0v) is 13.1. The van der Waals surface area contributed by atoms with E-state index >= 15 is 0 Å². The van der Waals surface area contributed by atoms with E-state index in [-0.39, 0.29) is 6.04 Å². The van der Waals surface area contributed by atoms with Crippen molar-refractivity contribution in [3.8, 4) is 5.75 Å². The summed E-state index contributed by atoms with van der Waals surface area (Å²) in [6.45, 7) is 3.49. The van der Waals surface area contributed by atoms with Crippen LogP contribution in [0.2, 0.25) is 0 Å². The molecule has 0 amide bonds. The van der Waals surface area contributed by atoms with Gasteiger partial charge in [0.15, 0.2) is 0 Å². The molecule has 0 fully saturated rings. The van der Waals surface area contributed by atoms with Crippen molar-refractivity contribution in [3.63, 3.8) is 0 Å². The number of methoxy groups -OCH3 is 2. The quantitative estimate of drug-likeness (QED) is 0.850. The van der Waals surface area contributed by atoms with E-state index in [2.05, 4.69) is 29.5 Å². The summed E-state index contributed by atoms with van der Waals surface area (Å²) in [6, 6.07) is 6.44. The molecule has 0 aliphatic carbocycles.